The van der Waals surface area contributed by atoms with Crippen LogP contribution in [0.2, 0.25) is 0 Å². The number of morpholine rings is 1. The summed E-state index contributed by atoms with van der Waals surface area (Å²) >= 11 is 0. The molecule has 1 amide bonds. The van der Waals surface area contributed by atoms with Gasteiger partial charge in [-0.2, -0.15) is 5.26 Å². The highest BCUT2D eigenvalue weighted by Gasteiger charge is 2.15. The molecule has 2 aromatic carbocycles. The van der Waals surface area contributed by atoms with E-state index in [0.717, 1.165) is 44.0 Å². The number of anilines is 1. The largest absolute Gasteiger partial charge is 0.452 e. The molecule has 0 atom stereocenters. The van der Waals surface area contributed by atoms with Crippen molar-refractivity contribution in [1.82, 2.24) is 0 Å². The number of nitrogens with one attached hydrogen (secondary N) is 2. The van der Waals surface area contributed by atoms with Gasteiger partial charge in [0.2, 0.25) is 0 Å². The van der Waals surface area contributed by atoms with Gasteiger partial charge >= 0.3 is 5.97 Å². The van der Waals surface area contributed by atoms with E-state index in [2.05, 4.69) is 11.4 Å². The van der Waals surface area contributed by atoms with Crippen molar-refractivity contribution >= 4 is 17.6 Å². The van der Waals surface area contributed by atoms with Crippen molar-refractivity contribution in [3.63, 3.8) is 0 Å². The molecule has 0 saturated carbocycles. The monoisotopic (exact) mass is 394 g/mol. The molecule has 7 heteroatoms. The summed E-state index contributed by atoms with van der Waals surface area (Å²) in [5.41, 5.74) is 3.02. The third kappa shape index (κ3) is 6.42. The maximum atomic E-state index is 12.2. The van der Waals surface area contributed by atoms with Gasteiger partial charge < -0.3 is 19.7 Å². The van der Waals surface area contributed by atoms with Crippen molar-refractivity contribution in [2.75, 3.05) is 38.2 Å². The summed E-state index contributed by atoms with van der Waals surface area (Å²) in [7, 11) is 0. The summed E-state index contributed by atoms with van der Waals surface area (Å²) < 4.78 is 10.5. The Kier molecular flexibility index (Phi) is 7.34. The zero-order valence-corrected chi connectivity index (χ0v) is 16.1. The van der Waals surface area contributed by atoms with Crippen molar-refractivity contribution in [1.29, 1.82) is 5.26 Å². The average molecular weight is 394 g/mol. The third-order valence-electron chi connectivity index (χ3n) is 4.70. The van der Waals surface area contributed by atoms with E-state index >= 15 is 0 Å². The highest BCUT2D eigenvalue weighted by atomic mass is 16.5. The molecule has 1 aliphatic heterocycles. The van der Waals surface area contributed by atoms with E-state index in [-0.39, 0.29) is 6.61 Å². The number of nitriles is 1. The van der Waals surface area contributed by atoms with Crippen LogP contribution in [0.5, 0.6) is 0 Å². The molecular weight excluding hydrogens is 370 g/mol. The topological polar surface area (TPSA) is 92.9 Å². The molecule has 0 spiro atoms. The Morgan fingerprint density at radius 2 is 1.69 bits per heavy atom. The fourth-order valence-electron chi connectivity index (χ4n) is 3.09. The number of carbonyl (C=O) groups excluding carboxylic acids is 2. The van der Waals surface area contributed by atoms with E-state index in [4.69, 9.17) is 14.7 Å². The summed E-state index contributed by atoms with van der Waals surface area (Å²) in [6.45, 7) is 4.07. The van der Waals surface area contributed by atoms with Crippen LogP contribution < -0.4 is 10.2 Å². The molecule has 150 valence electrons. The van der Waals surface area contributed by atoms with E-state index in [1.807, 2.05) is 12.1 Å². The molecule has 1 aliphatic rings. The maximum absolute atomic E-state index is 12.2. The molecule has 1 saturated heterocycles. The molecule has 1 fully saturated rings. The second-order valence-electron chi connectivity index (χ2n) is 6.89. The number of benzene rings is 2. The van der Waals surface area contributed by atoms with Gasteiger partial charge in [0.1, 0.15) is 19.6 Å². The van der Waals surface area contributed by atoms with Crippen LogP contribution in [0.1, 0.15) is 21.5 Å². The lowest BCUT2D eigenvalue weighted by atomic mass is 10.1. The van der Waals surface area contributed by atoms with Crippen LogP contribution in [0.4, 0.5) is 5.69 Å². The van der Waals surface area contributed by atoms with Crippen molar-refractivity contribution in [3.05, 3.63) is 65.2 Å². The Balaban J connectivity index is 1.44. The normalized spacial score (nSPS) is 14.0. The summed E-state index contributed by atoms with van der Waals surface area (Å²) in [6, 6.07) is 16.3. The van der Waals surface area contributed by atoms with Crippen LogP contribution in [0.3, 0.4) is 0 Å². The second-order valence-corrected chi connectivity index (χ2v) is 6.89. The minimum Gasteiger partial charge on any atom is -0.452 e. The molecule has 0 aliphatic carbocycles. The fraction of sp³-hybridized carbons (Fsp3) is 0.318. The Labute approximate surface area is 169 Å². The van der Waals surface area contributed by atoms with E-state index < -0.39 is 11.9 Å². The SMILES string of the molecule is N#CCc1ccc(NC(=O)COC(=O)c2ccc(C[NH+]3CCOCC3)cc2)cc1. The lowest BCUT2D eigenvalue weighted by Gasteiger charge is -2.23. The molecule has 0 bridgehead atoms. The van der Waals surface area contributed by atoms with Gasteiger partial charge in [0.05, 0.1) is 31.3 Å². The van der Waals surface area contributed by atoms with Crippen LogP contribution in [0, 0.1) is 11.3 Å². The van der Waals surface area contributed by atoms with Gasteiger partial charge in [0.15, 0.2) is 6.61 Å². The van der Waals surface area contributed by atoms with Gasteiger partial charge in [-0.15, -0.1) is 0 Å². The van der Waals surface area contributed by atoms with Gasteiger partial charge in [-0.1, -0.05) is 24.3 Å². The molecule has 0 radical (unpaired) electrons. The Morgan fingerprint density at radius 1 is 1.03 bits per heavy atom. The van der Waals surface area contributed by atoms with Crippen molar-refractivity contribution in [3.8, 4) is 6.07 Å². The van der Waals surface area contributed by atoms with E-state index in [9.17, 15) is 9.59 Å². The average Bonchev–Trinajstić information content (AvgIpc) is 2.75. The number of amides is 1. The maximum Gasteiger partial charge on any atom is 0.338 e. The quantitative estimate of drug-likeness (QED) is 0.683. The number of nitrogens with zero attached hydrogens (tertiary/aromatic N) is 1. The van der Waals surface area contributed by atoms with Gasteiger partial charge in [0.25, 0.3) is 5.91 Å². The summed E-state index contributed by atoms with van der Waals surface area (Å²) in [5.74, 6) is -0.950. The van der Waals surface area contributed by atoms with Crippen LogP contribution in [-0.2, 0) is 27.2 Å². The first-order chi connectivity index (χ1) is 14.1. The molecule has 0 aromatic heterocycles. The minimum atomic E-state index is -0.533. The predicted octanol–water partition coefficient (Wildman–Crippen LogP) is 0.963. The van der Waals surface area contributed by atoms with E-state index in [1.165, 1.54) is 4.90 Å². The van der Waals surface area contributed by atoms with Crippen molar-refractivity contribution < 1.29 is 24.0 Å². The van der Waals surface area contributed by atoms with Crippen molar-refractivity contribution in [2.24, 2.45) is 0 Å². The first kappa shape index (κ1) is 20.5. The summed E-state index contributed by atoms with van der Waals surface area (Å²) in [5, 5.41) is 11.3. The van der Waals surface area contributed by atoms with Gasteiger partial charge in [-0.25, -0.2) is 4.79 Å². The lowest BCUT2D eigenvalue weighted by Crippen LogP contribution is -3.12. The van der Waals surface area contributed by atoms with E-state index in [0.29, 0.717) is 17.7 Å². The number of carbonyl (C=O) groups is 2. The standard InChI is InChI=1S/C22H23N3O4/c23-10-9-17-3-7-20(8-4-17)24-21(26)16-29-22(27)19-5-1-18(2-6-19)15-25-11-13-28-14-12-25/h1-8H,9,11-16H2,(H,24,26)/p+1. The smallest absolute Gasteiger partial charge is 0.338 e. The fourth-order valence-corrected chi connectivity index (χ4v) is 3.09. The Hall–Kier alpha value is -3.21. The number of hydrogen-bond acceptors (Lipinski definition) is 5. The number of esters is 1. The van der Waals surface area contributed by atoms with Gasteiger partial charge in [0, 0.05) is 11.3 Å². The molecular formula is C22H24N3O4+. The minimum absolute atomic E-state index is 0.318. The van der Waals surface area contributed by atoms with Crippen LogP contribution in [0.25, 0.3) is 0 Å². The zero-order valence-electron chi connectivity index (χ0n) is 16.1. The first-order valence-corrected chi connectivity index (χ1v) is 9.57. The Bertz CT molecular complexity index is 866. The van der Waals surface area contributed by atoms with E-state index in [1.54, 1.807) is 36.4 Å². The second kappa shape index (κ2) is 10.4. The molecule has 0 unspecified atom stereocenters. The highest BCUT2D eigenvalue weighted by Crippen LogP contribution is 2.10. The molecule has 29 heavy (non-hydrogen) atoms. The van der Waals surface area contributed by atoms with Crippen LogP contribution in [0.15, 0.2) is 48.5 Å². The number of ether oxygens (including phenoxy) is 2. The molecule has 1 heterocycles. The third-order valence-corrected chi connectivity index (χ3v) is 4.70. The lowest BCUT2D eigenvalue weighted by molar-refractivity contribution is -0.921. The molecule has 3 rings (SSSR count). The highest BCUT2D eigenvalue weighted by molar-refractivity contribution is 5.95. The number of rotatable bonds is 7. The molecule has 2 aromatic rings. The van der Waals surface area contributed by atoms with Gasteiger partial charge in [-0.05, 0) is 29.8 Å². The first-order valence-electron chi connectivity index (χ1n) is 9.57. The number of quaternary nitrogens is 1. The van der Waals surface area contributed by atoms with Crippen LogP contribution >= 0.6 is 0 Å². The predicted molar refractivity (Wildman–Crippen MR) is 106 cm³/mol. The van der Waals surface area contributed by atoms with Crippen molar-refractivity contribution in [2.45, 2.75) is 13.0 Å². The molecule has 2 N–H and O–H groups in total. The Morgan fingerprint density at radius 3 is 2.34 bits per heavy atom. The summed E-state index contributed by atoms with van der Waals surface area (Å²) in [6.07, 6.45) is 0.318. The zero-order chi connectivity index (χ0) is 20.5. The summed E-state index contributed by atoms with van der Waals surface area (Å²) in [4.78, 5) is 25.6. The molecule has 7 nitrogen and oxygen atoms in total. The number of hydrogen-bond donors (Lipinski definition) is 2. The van der Waals surface area contributed by atoms with Gasteiger partial charge in [-0.3, -0.25) is 4.79 Å². The van der Waals surface area contributed by atoms with Crippen LogP contribution in [-0.4, -0.2) is 44.8 Å².